The van der Waals surface area contributed by atoms with Crippen molar-refractivity contribution in [2.24, 2.45) is 0 Å². The molecular weight excluding hydrogens is 363 g/mol. The second kappa shape index (κ2) is 8.85. The van der Waals surface area contributed by atoms with Crippen molar-refractivity contribution in [2.45, 2.75) is 24.9 Å². The number of ether oxygens (including phenoxy) is 1. The largest absolute Gasteiger partial charge is 0.469 e. The summed E-state index contributed by atoms with van der Waals surface area (Å²) in [6.45, 7) is -0.425. The van der Waals surface area contributed by atoms with E-state index in [0.29, 0.717) is 11.2 Å². The number of aromatic nitrogens is 4. The first-order chi connectivity index (χ1) is 10.3. The average molecular weight is 377 g/mol. The van der Waals surface area contributed by atoms with Crippen LogP contribution in [0.5, 0.6) is 0 Å². The molecule has 0 spiro atoms. The summed E-state index contributed by atoms with van der Waals surface area (Å²) in [5, 5.41) is 9.93. The average Bonchev–Trinajstić information content (AvgIpc) is 3.00. The van der Waals surface area contributed by atoms with E-state index < -0.39 is 32.9 Å². The minimum absolute atomic E-state index is 0. The standard InChI is InChI=1S/C10H14N5O6P.2Na/c11-9-8-10(13-3-12-9)15(4-14-8)7-1-5(16)6(21-7)2-20-22(17,18)19;;/h3-7,16H,1-2H2,(H2,11,12,13)(H2,17,18,19);;/t5-,6+,7+;;/m0../s1. The summed E-state index contributed by atoms with van der Waals surface area (Å²) < 4.78 is 22.2. The van der Waals surface area contributed by atoms with Gasteiger partial charge in [-0.3, -0.25) is 9.09 Å². The molecule has 1 fully saturated rings. The number of nitrogens with two attached hydrogens (primary N) is 1. The Labute approximate surface area is 180 Å². The van der Waals surface area contributed by atoms with E-state index in [2.05, 4.69) is 19.5 Å². The number of aliphatic hydroxyl groups is 1. The number of anilines is 1. The fraction of sp³-hybridized carbons (Fsp3) is 0.500. The predicted octanol–water partition coefficient (Wildman–Crippen LogP) is -1.60. The first kappa shape index (κ1) is 22.4. The van der Waals surface area contributed by atoms with Gasteiger partial charge in [-0.2, -0.15) is 0 Å². The maximum atomic E-state index is 10.7. The summed E-state index contributed by atoms with van der Waals surface area (Å²) in [6, 6.07) is 0. The Morgan fingerprint density at radius 3 is 2.75 bits per heavy atom. The van der Waals surface area contributed by atoms with Gasteiger partial charge < -0.3 is 25.4 Å². The molecule has 0 unspecified atom stereocenters. The summed E-state index contributed by atoms with van der Waals surface area (Å²) in [6.07, 6.45) is 0.543. The number of aliphatic hydroxyl groups excluding tert-OH is 1. The van der Waals surface area contributed by atoms with Gasteiger partial charge >= 0.3 is 7.82 Å². The van der Waals surface area contributed by atoms with E-state index in [1.54, 1.807) is 4.57 Å². The molecule has 0 aliphatic carbocycles. The van der Waals surface area contributed by atoms with Crippen LogP contribution < -0.4 is 5.73 Å². The van der Waals surface area contributed by atoms with E-state index in [1.807, 2.05) is 0 Å². The van der Waals surface area contributed by atoms with E-state index >= 15 is 0 Å². The molecule has 0 bridgehead atoms. The van der Waals surface area contributed by atoms with E-state index in [1.165, 1.54) is 12.7 Å². The van der Waals surface area contributed by atoms with Gasteiger partial charge in [-0.1, -0.05) is 0 Å². The SMILES string of the molecule is Nc1ncnc2c1ncn2[C@H]1C[C@H](O)[C@@H](COP(=O)(O)O)O1.[Na].[Na]. The van der Waals surface area contributed by atoms with Crippen LogP contribution in [-0.2, 0) is 13.8 Å². The zero-order valence-corrected chi connectivity index (χ0v) is 18.1. The van der Waals surface area contributed by atoms with Crippen LogP contribution in [0, 0.1) is 0 Å². The smallest absolute Gasteiger partial charge is 0.390 e. The first-order valence-electron chi connectivity index (χ1n) is 6.32. The molecule has 3 atom stereocenters. The number of hydrogen-bond acceptors (Lipinski definition) is 8. The van der Waals surface area contributed by atoms with Crippen molar-refractivity contribution >= 4 is 83.9 Å². The van der Waals surface area contributed by atoms with Gasteiger partial charge in [-0.05, 0) is 0 Å². The van der Waals surface area contributed by atoms with E-state index in [9.17, 15) is 9.67 Å². The number of rotatable bonds is 4. The molecule has 1 saturated heterocycles. The number of phosphoric ester groups is 1. The van der Waals surface area contributed by atoms with Crippen molar-refractivity contribution in [3.8, 4) is 0 Å². The minimum atomic E-state index is -4.62. The van der Waals surface area contributed by atoms with Gasteiger partial charge in [0.15, 0.2) is 11.5 Å². The first-order valence-corrected chi connectivity index (χ1v) is 7.85. The molecule has 11 nitrogen and oxygen atoms in total. The molecule has 1 aliphatic heterocycles. The van der Waals surface area contributed by atoms with Crippen molar-refractivity contribution in [3.05, 3.63) is 12.7 Å². The molecule has 2 aromatic heterocycles. The number of hydrogen-bond donors (Lipinski definition) is 4. The number of nitrogens with zero attached hydrogens (tertiary/aromatic N) is 4. The topological polar surface area (TPSA) is 166 Å². The Bertz CT molecular complexity index is 742. The van der Waals surface area contributed by atoms with Gasteiger partial charge in [0.2, 0.25) is 0 Å². The number of imidazole rings is 1. The van der Waals surface area contributed by atoms with Crippen LogP contribution in [0.4, 0.5) is 5.82 Å². The summed E-state index contributed by atoms with van der Waals surface area (Å²) >= 11 is 0. The fourth-order valence-corrected chi connectivity index (χ4v) is 2.63. The third-order valence-electron chi connectivity index (χ3n) is 3.31. The van der Waals surface area contributed by atoms with Crippen LogP contribution in [-0.4, -0.2) is 112 Å². The van der Waals surface area contributed by atoms with Crippen molar-refractivity contribution in [2.75, 3.05) is 12.3 Å². The van der Waals surface area contributed by atoms with E-state index in [0.717, 1.165) is 0 Å². The van der Waals surface area contributed by atoms with Gasteiger partial charge in [0.05, 0.1) is 19.0 Å². The van der Waals surface area contributed by atoms with Crippen molar-refractivity contribution in [1.82, 2.24) is 19.5 Å². The van der Waals surface area contributed by atoms with Gasteiger partial charge in [-0.25, -0.2) is 19.5 Å². The zero-order valence-electron chi connectivity index (χ0n) is 13.2. The third kappa shape index (κ3) is 4.97. The van der Waals surface area contributed by atoms with Gasteiger partial charge in [0, 0.05) is 65.5 Å². The Balaban J connectivity index is 0.00000144. The molecule has 122 valence electrons. The maximum absolute atomic E-state index is 10.7. The minimum Gasteiger partial charge on any atom is -0.390 e. The van der Waals surface area contributed by atoms with Crippen LogP contribution in [0.15, 0.2) is 12.7 Å². The van der Waals surface area contributed by atoms with Gasteiger partial charge in [0.1, 0.15) is 24.2 Å². The van der Waals surface area contributed by atoms with Gasteiger partial charge in [0.25, 0.3) is 0 Å². The quantitative estimate of drug-likeness (QED) is 0.360. The van der Waals surface area contributed by atoms with Crippen LogP contribution in [0.25, 0.3) is 11.2 Å². The van der Waals surface area contributed by atoms with E-state index in [-0.39, 0.29) is 71.4 Å². The van der Waals surface area contributed by atoms with Crippen molar-refractivity contribution < 1.29 is 28.7 Å². The molecule has 5 N–H and O–H groups in total. The summed E-state index contributed by atoms with van der Waals surface area (Å²) in [5.41, 5.74) is 6.55. The molecule has 2 aromatic rings. The van der Waals surface area contributed by atoms with Crippen molar-refractivity contribution in [3.63, 3.8) is 0 Å². The van der Waals surface area contributed by atoms with Crippen LogP contribution >= 0.6 is 7.82 Å². The molecule has 3 heterocycles. The molecule has 0 aromatic carbocycles. The van der Waals surface area contributed by atoms with E-state index in [4.69, 9.17) is 20.3 Å². The predicted molar refractivity (Wildman–Crippen MR) is 83.8 cm³/mol. The molecule has 1 aliphatic rings. The summed E-state index contributed by atoms with van der Waals surface area (Å²) in [5.74, 6) is 0.226. The summed E-state index contributed by atoms with van der Waals surface area (Å²) in [4.78, 5) is 29.4. The Morgan fingerprint density at radius 2 is 2.08 bits per heavy atom. The Morgan fingerprint density at radius 1 is 1.38 bits per heavy atom. The zero-order chi connectivity index (χ0) is 15.9. The normalized spacial score (nSPS) is 23.7. The summed E-state index contributed by atoms with van der Waals surface area (Å²) in [7, 11) is -4.62. The Kier molecular flexibility index (Phi) is 8.27. The maximum Gasteiger partial charge on any atom is 0.469 e. The molecule has 14 heteroatoms. The number of nitrogen functional groups attached to an aromatic ring is 1. The molecule has 24 heavy (non-hydrogen) atoms. The van der Waals surface area contributed by atoms with Crippen LogP contribution in [0.3, 0.4) is 0 Å². The van der Waals surface area contributed by atoms with Crippen LogP contribution in [0.2, 0.25) is 0 Å². The molecule has 3 rings (SSSR count). The van der Waals surface area contributed by atoms with Crippen molar-refractivity contribution in [1.29, 1.82) is 0 Å². The fourth-order valence-electron chi connectivity index (χ4n) is 2.29. The monoisotopic (exact) mass is 377 g/mol. The Hall–Kier alpha value is 0.380. The second-order valence-electron chi connectivity index (χ2n) is 4.80. The second-order valence-corrected chi connectivity index (χ2v) is 6.04. The number of fused-ring (bicyclic) bond motifs is 1. The van der Waals surface area contributed by atoms with Gasteiger partial charge in [-0.15, -0.1) is 0 Å². The molecule has 0 amide bonds. The third-order valence-corrected chi connectivity index (χ3v) is 3.79. The molecular formula is C10H14N5Na2O6P. The molecule has 0 saturated carbocycles. The van der Waals surface area contributed by atoms with Crippen LogP contribution in [0.1, 0.15) is 12.6 Å². The molecule has 2 radical (unpaired) electrons. The number of phosphoric acid groups is 1.